The van der Waals surface area contributed by atoms with Crippen molar-refractivity contribution in [1.29, 1.82) is 0 Å². The monoisotopic (exact) mass is 324 g/mol. The fourth-order valence-electron chi connectivity index (χ4n) is 1.86. The molecule has 2 amide bonds. The average Bonchev–Trinajstić information content (AvgIpc) is 3.07. The minimum atomic E-state index is -0.932. The first-order valence-electron chi connectivity index (χ1n) is 6.88. The average molecular weight is 324 g/mol. The van der Waals surface area contributed by atoms with Crippen LogP contribution >= 0.6 is 0 Å². The maximum absolute atomic E-state index is 13.2. The van der Waals surface area contributed by atoms with E-state index in [0.717, 1.165) is 12.1 Å². The molecule has 122 valence electrons. The third-order valence-corrected chi connectivity index (χ3v) is 3.19. The van der Waals surface area contributed by atoms with Gasteiger partial charge in [-0.15, -0.1) is 0 Å². The Bertz CT molecular complexity index is 689. The third kappa shape index (κ3) is 4.62. The Morgan fingerprint density at radius 3 is 2.65 bits per heavy atom. The van der Waals surface area contributed by atoms with Crippen LogP contribution in [0.5, 0.6) is 0 Å². The van der Waals surface area contributed by atoms with Gasteiger partial charge in [-0.3, -0.25) is 20.4 Å². The first-order chi connectivity index (χ1) is 11.0. The minimum Gasteiger partial charge on any atom is -0.459 e. The molecule has 4 N–H and O–H groups in total. The molecule has 1 heterocycles. The van der Waals surface area contributed by atoms with Crippen molar-refractivity contribution in [3.05, 3.63) is 59.6 Å². The van der Waals surface area contributed by atoms with Crippen molar-refractivity contribution < 1.29 is 28.1 Å². The van der Waals surface area contributed by atoms with Gasteiger partial charge >= 0.3 is 5.91 Å². The number of carbonyl (C=O) groups is 2. The number of nitrogens with one attached hydrogen (secondary N) is 2. The second-order valence-electron chi connectivity index (χ2n) is 4.88. The zero-order valence-corrected chi connectivity index (χ0v) is 12.3. The molecule has 23 heavy (non-hydrogen) atoms. The summed E-state index contributed by atoms with van der Waals surface area (Å²) in [5, 5.41) is 1.63. The summed E-state index contributed by atoms with van der Waals surface area (Å²) in [6.45, 7) is 1.75. The summed E-state index contributed by atoms with van der Waals surface area (Å²) in [7, 11) is 0. The van der Waals surface area contributed by atoms with Crippen molar-refractivity contribution in [2.45, 2.75) is 13.0 Å². The van der Waals surface area contributed by atoms with Crippen LogP contribution in [0.2, 0.25) is 0 Å². The Labute approximate surface area is 130 Å². The zero-order chi connectivity index (χ0) is 16.8. The Morgan fingerprint density at radius 2 is 2.00 bits per heavy atom. The molecular weight excluding hydrogens is 308 g/mol. The lowest BCUT2D eigenvalue weighted by Crippen LogP contribution is -2.87. The predicted octanol–water partition coefficient (Wildman–Crippen LogP) is 0.643. The highest BCUT2D eigenvalue weighted by Gasteiger charge is 2.15. The van der Waals surface area contributed by atoms with Crippen molar-refractivity contribution in [2.24, 2.45) is 0 Å². The standard InChI is InChI=1S/C15H15F2N3O3/c1-9(10-4-5-11(16)12(17)7-10)18-8-14(21)19-20-15(22)13-3-2-6-23-13/h2-7,9,18H,8H2,1H3,(H,19,21)(H,20,22)/p+1/t9-/m1/s1. The number of nitrogens with two attached hydrogens (primary N) is 1. The van der Waals surface area contributed by atoms with E-state index in [1.54, 1.807) is 18.3 Å². The van der Waals surface area contributed by atoms with Gasteiger partial charge in [0.2, 0.25) is 0 Å². The molecule has 0 unspecified atom stereocenters. The number of benzene rings is 1. The fourth-order valence-corrected chi connectivity index (χ4v) is 1.86. The van der Waals surface area contributed by atoms with Crippen LogP contribution < -0.4 is 16.2 Å². The lowest BCUT2D eigenvalue weighted by molar-refractivity contribution is -0.682. The molecule has 0 radical (unpaired) electrons. The molecule has 0 bridgehead atoms. The van der Waals surface area contributed by atoms with Crippen LogP contribution in [0.4, 0.5) is 8.78 Å². The Balaban J connectivity index is 1.77. The fraction of sp³-hybridized carbons (Fsp3) is 0.200. The van der Waals surface area contributed by atoms with E-state index < -0.39 is 23.4 Å². The SMILES string of the molecule is C[C@@H]([NH2+]CC(=O)NNC(=O)c1ccco1)c1ccc(F)c(F)c1. The summed E-state index contributed by atoms with van der Waals surface area (Å²) in [6, 6.07) is 6.34. The number of amides is 2. The van der Waals surface area contributed by atoms with E-state index >= 15 is 0 Å². The molecule has 0 spiro atoms. The van der Waals surface area contributed by atoms with E-state index in [2.05, 4.69) is 10.9 Å². The van der Waals surface area contributed by atoms with Crippen LogP contribution in [0.25, 0.3) is 0 Å². The second kappa shape index (κ2) is 7.50. The second-order valence-corrected chi connectivity index (χ2v) is 4.88. The molecule has 1 atom stereocenters. The quantitative estimate of drug-likeness (QED) is 0.706. The molecule has 0 saturated carbocycles. The molecule has 0 saturated heterocycles. The summed E-state index contributed by atoms with van der Waals surface area (Å²) in [4.78, 5) is 23.2. The summed E-state index contributed by atoms with van der Waals surface area (Å²) in [5.74, 6) is -2.79. The summed E-state index contributed by atoms with van der Waals surface area (Å²) < 4.78 is 30.9. The number of halogens is 2. The molecule has 2 aromatic rings. The van der Waals surface area contributed by atoms with Crippen LogP contribution in [0.15, 0.2) is 41.0 Å². The third-order valence-electron chi connectivity index (χ3n) is 3.19. The van der Waals surface area contributed by atoms with E-state index in [-0.39, 0.29) is 18.3 Å². The molecule has 0 fully saturated rings. The Kier molecular flexibility index (Phi) is 5.42. The zero-order valence-electron chi connectivity index (χ0n) is 12.3. The van der Waals surface area contributed by atoms with Gasteiger partial charge in [-0.05, 0) is 37.3 Å². The summed E-state index contributed by atoms with van der Waals surface area (Å²) in [5.41, 5.74) is 4.99. The van der Waals surface area contributed by atoms with Crippen LogP contribution in [0, 0.1) is 11.6 Å². The number of furan rings is 1. The van der Waals surface area contributed by atoms with Gasteiger partial charge in [0.1, 0.15) is 6.04 Å². The van der Waals surface area contributed by atoms with Gasteiger partial charge in [-0.1, -0.05) is 0 Å². The number of quaternary nitrogens is 1. The Hall–Kier alpha value is -2.74. The lowest BCUT2D eigenvalue weighted by atomic mass is 10.1. The molecule has 0 aliphatic carbocycles. The normalized spacial score (nSPS) is 11.8. The van der Waals surface area contributed by atoms with E-state index in [1.165, 1.54) is 18.4 Å². The number of hydrogen-bond donors (Lipinski definition) is 3. The first-order valence-corrected chi connectivity index (χ1v) is 6.88. The van der Waals surface area contributed by atoms with Gasteiger partial charge in [0.25, 0.3) is 5.91 Å². The predicted molar refractivity (Wildman–Crippen MR) is 75.9 cm³/mol. The highest BCUT2D eigenvalue weighted by atomic mass is 19.2. The van der Waals surface area contributed by atoms with Crippen LogP contribution in [0.1, 0.15) is 29.1 Å². The highest BCUT2D eigenvalue weighted by Crippen LogP contribution is 2.12. The van der Waals surface area contributed by atoms with Crippen molar-refractivity contribution in [3.8, 4) is 0 Å². The van der Waals surface area contributed by atoms with E-state index in [0.29, 0.717) is 5.56 Å². The van der Waals surface area contributed by atoms with E-state index in [9.17, 15) is 18.4 Å². The van der Waals surface area contributed by atoms with Gasteiger partial charge < -0.3 is 9.73 Å². The molecule has 0 aliphatic heterocycles. The van der Waals surface area contributed by atoms with Gasteiger partial charge in [-0.25, -0.2) is 8.78 Å². The van der Waals surface area contributed by atoms with E-state index in [4.69, 9.17) is 4.42 Å². The molecular formula is C15H16F2N3O3+. The minimum absolute atomic E-state index is 0.00139. The van der Waals surface area contributed by atoms with Gasteiger partial charge in [0.15, 0.2) is 23.9 Å². The van der Waals surface area contributed by atoms with Crippen LogP contribution in [-0.2, 0) is 4.79 Å². The van der Waals surface area contributed by atoms with Gasteiger partial charge in [-0.2, -0.15) is 0 Å². The topological polar surface area (TPSA) is 88.0 Å². The lowest BCUT2D eigenvalue weighted by Gasteiger charge is -2.11. The molecule has 8 heteroatoms. The molecule has 6 nitrogen and oxygen atoms in total. The number of carbonyl (C=O) groups excluding carboxylic acids is 2. The van der Waals surface area contributed by atoms with Crippen LogP contribution in [-0.4, -0.2) is 18.4 Å². The van der Waals surface area contributed by atoms with Crippen molar-refractivity contribution in [3.63, 3.8) is 0 Å². The van der Waals surface area contributed by atoms with Gasteiger partial charge in [0.05, 0.1) is 6.26 Å². The molecule has 1 aromatic carbocycles. The molecule has 1 aromatic heterocycles. The van der Waals surface area contributed by atoms with Crippen molar-refractivity contribution in [1.82, 2.24) is 10.9 Å². The first kappa shape index (κ1) is 16.6. The highest BCUT2D eigenvalue weighted by molar-refractivity contribution is 5.92. The molecule has 0 aliphatic rings. The van der Waals surface area contributed by atoms with Crippen molar-refractivity contribution >= 4 is 11.8 Å². The smallest absolute Gasteiger partial charge is 0.305 e. The largest absolute Gasteiger partial charge is 0.459 e. The van der Waals surface area contributed by atoms with Gasteiger partial charge in [0, 0.05) is 5.56 Å². The maximum atomic E-state index is 13.2. The number of hydrogen-bond acceptors (Lipinski definition) is 3. The number of rotatable bonds is 5. The summed E-state index contributed by atoms with van der Waals surface area (Å²) >= 11 is 0. The van der Waals surface area contributed by atoms with E-state index in [1.807, 2.05) is 0 Å². The van der Waals surface area contributed by atoms with Crippen molar-refractivity contribution in [2.75, 3.05) is 6.54 Å². The Morgan fingerprint density at radius 1 is 1.22 bits per heavy atom. The van der Waals surface area contributed by atoms with Crippen LogP contribution in [0.3, 0.4) is 0 Å². The summed E-state index contributed by atoms with van der Waals surface area (Å²) in [6.07, 6.45) is 1.34. The number of hydrazine groups is 1. The molecule has 2 rings (SSSR count). The maximum Gasteiger partial charge on any atom is 0.305 e.